The van der Waals surface area contributed by atoms with Crippen molar-refractivity contribution in [2.45, 2.75) is 20.6 Å². The average Bonchev–Trinajstić information content (AvgIpc) is 4.13. The number of hydrogen-bond donors (Lipinski definition) is 0. The van der Waals surface area contributed by atoms with Gasteiger partial charge >= 0.3 is 0 Å². The first kappa shape index (κ1) is 34.4. The van der Waals surface area contributed by atoms with Crippen LogP contribution in [0.2, 0.25) is 0 Å². The van der Waals surface area contributed by atoms with Crippen molar-refractivity contribution in [2.24, 2.45) is 0 Å². The molecule has 7 heterocycles. The summed E-state index contributed by atoms with van der Waals surface area (Å²) in [6.45, 7) is 0. The Balaban J connectivity index is 1.01. The van der Waals surface area contributed by atoms with Crippen molar-refractivity contribution in [1.82, 2.24) is 24.5 Å². The SMILES string of the molecule is c1ccc2c(c1)Sc1cc3c(cc1C21c2cccnc2-c2ncc(-n4c5ccccc5c5cc6oc7ccccc7c6cc54)cc21)-c1ccccc1C31c2cccnc2-c2ncccc21. The summed E-state index contributed by atoms with van der Waals surface area (Å²) in [5.74, 6) is 0. The minimum Gasteiger partial charge on any atom is -0.456 e. The van der Waals surface area contributed by atoms with E-state index in [0.29, 0.717) is 0 Å². The number of furan rings is 1. The Morgan fingerprint density at radius 1 is 0.385 bits per heavy atom. The Bertz CT molecular complexity index is 4100. The summed E-state index contributed by atoms with van der Waals surface area (Å²) in [6, 6.07) is 60.0. The van der Waals surface area contributed by atoms with Crippen molar-refractivity contribution in [1.29, 1.82) is 0 Å². The molecule has 0 amide bonds. The lowest BCUT2D eigenvalue weighted by molar-refractivity contribution is 0.669. The van der Waals surface area contributed by atoms with Crippen LogP contribution in [0.1, 0.15) is 44.5 Å². The third-order valence-electron chi connectivity index (χ3n) is 14.9. The van der Waals surface area contributed by atoms with Crippen LogP contribution in [0.15, 0.2) is 203 Å². The zero-order chi connectivity index (χ0) is 42.2. The van der Waals surface area contributed by atoms with Gasteiger partial charge in [-0.1, -0.05) is 109 Å². The fourth-order valence-corrected chi connectivity index (χ4v) is 13.7. The second kappa shape index (κ2) is 11.9. The molecule has 0 saturated heterocycles. The number of hydrogen-bond acceptors (Lipinski definition) is 6. The summed E-state index contributed by atoms with van der Waals surface area (Å²) < 4.78 is 8.84. The number of fused-ring (bicyclic) bond motifs is 25. The molecular formula is C58H31N5OS. The molecule has 0 N–H and O–H groups in total. The molecule has 300 valence electrons. The number of rotatable bonds is 1. The molecule has 2 spiro atoms. The summed E-state index contributed by atoms with van der Waals surface area (Å²) in [4.78, 5) is 23.1. The summed E-state index contributed by atoms with van der Waals surface area (Å²) in [7, 11) is 0. The first-order valence-electron chi connectivity index (χ1n) is 22.0. The third kappa shape index (κ3) is 3.98. The van der Waals surface area contributed by atoms with E-state index < -0.39 is 10.8 Å². The Kier molecular flexibility index (Phi) is 6.29. The monoisotopic (exact) mass is 845 g/mol. The Morgan fingerprint density at radius 2 is 1.02 bits per heavy atom. The molecular weight excluding hydrogens is 815 g/mol. The minimum atomic E-state index is -0.722. The van der Waals surface area contributed by atoms with E-state index >= 15 is 0 Å². The number of para-hydroxylation sites is 2. The number of benzene rings is 6. The highest BCUT2D eigenvalue weighted by molar-refractivity contribution is 7.99. The van der Waals surface area contributed by atoms with Crippen LogP contribution in [-0.4, -0.2) is 24.5 Å². The second-order valence-corrected chi connectivity index (χ2v) is 18.7. The van der Waals surface area contributed by atoms with Gasteiger partial charge in [0.1, 0.15) is 11.2 Å². The van der Waals surface area contributed by atoms with Crippen LogP contribution in [0.3, 0.4) is 0 Å². The van der Waals surface area contributed by atoms with Crippen molar-refractivity contribution >= 4 is 55.5 Å². The van der Waals surface area contributed by atoms with E-state index in [1.165, 1.54) is 59.7 Å². The summed E-state index contributed by atoms with van der Waals surface area (Å²) in [6.07, 6.45) is 7.75. The fourth-order valence-electron chi connectivity index (χ4n) is 12.5. The van der Waals surface area contributed by atoms with Gasteiger partial charge in [0.2, 0.25) is 0 Å². The molecule has 0 radical (unpaired) electrons. The molecule has 6 nitrogen and oxygen atoms in total. The van der Waals surface area contributed by atoms with E-state index in [1.807, 2.05) is 48.7 Å². The molecule has 16 rings (SSSR count). The van der Waals surface area contributed by atoms with Crippen molar-refractivity contribution in [3.8, 4) is 39.6 Å². The van der Waals surface area contributed by atoms with Gasteiger partial charge in [-0.25, -0.2) is 0 Å². The maximum absolute atomic E-state index is 6.44. The smallest absolute Gasteiger partial charge is 0.136 e. The first-order valence-corrected chi connectivity index (χ1v) is 22.8. The lowest BCUT2D eigenvalue weighted by atomic mass is 9.66. The van der Waals surface area contributed by atoms with Gasteiger partial charge in [-0.05, 0) is 117 Å². The van der Waals surface area contributed by atoms with Gasteiger partial charge in [-0.2, -0.15) is 0 Å². The largest absolute Gasteiger partial charge is 0.456 e. The molecule has 3 aliphatic carbocycles. The summed E-state index contributed by atoms with van der Waals surface area (Å²) >= 11 is 1.86. The molecule has 1 atom stereocenters. The average molecular weight is 846 g/mol. The van der Waals surface area contributed by atoms with Crippen LogP contribution >= 0.6 is 11.8 Å². The van der Waals surface area contributed by atoms with Gasteiger partial charge in [0.25, 0.3) is 0 Å². The molecule has 0 fully saturated rings. The maximum Gasteiger partial charge on any atom is 0.136 e. The molecule has 0 bridgehead atoms. The van der Waals surface area contributed by atoms with Crippen molar-refractivity contribution in [3.05, 3.63) is 233 Å². The quantitative estimate of drug-likeness (QED) is 0.164. The van der Waals surface area contributed by atoms with Crippen LogP contribution in [0, 0.1) is 0 Å². The maximum atomic E-state index is 6.44. The van der Waals surface area contributed by atoms with E-state index in [1.54, 1.807) is 0 Å². The predicted octanol–water partition coefficient (Wildman–Crippen LogP) is 13.4. The molecule has 65 heavy (non-hydrogen) atoms. The van der Waals surface area contributed by atoms with Crippen LogP contribution in [0.5, 0.6) is 0 Å². The topological polar surface area (TPSA) is 69.6 Å². The molecule has 1 unspecified atom stereocenters. The number of nitrogens with zero attached hydrogens (tertiary/aromatic N) is 5. The Hall–Kier alpha value is -8.13. The Labute approximate surface area is 375 Å². The fraction of sp³-hybridized carbons (Fsp3) is 0.0345. The first-order chi connectivity index (χ1) is 32.2. The van der Waals surface area contributed by atoms with Crippen LogP contribution in [0.25, 0.3) is 83.3 Å². The van der Waals surface area contributed by atoms with E-state index in [-0.39, 0.29) is 0 Å². The standard InChI is InChI=1S/C58H31N5OS/c1-4-15-39-33(12-1)36-27-45-52(30-44(36)57(39)41-17-9-23-59-53(41)54-42(57)18-10-24-60-54)65-51-22-8-5-16-40(51)58(45)43-19-11-25-61-55(43)56-46(58)26-32(31-62-56)63-47-20-6-2-13-34(47)37-29-50-38(28-48(37)63)35-14-3-7-21-49(35)64-50/h1-31H. The molecule has 6 aromatic carbocycles. The highest BCUT2D eigenvalue weighted by atomic mass is 32.2. The van der Waals surface area contributed by atoms with Crippen molar-refractivity contribution in [3.63, 3.8) is 0 Å². The third-order valence-corrected chi connectivity index (χ3v) is 16.0. The lowest BCUT2D eigenvalue weighted by Gasteiger charge is -2.40. The molecule has 7 heteroatoms. The molecule has 4 aliphatic rings. The molecule has 6 aromatic heterocycles. The molecule has 1 aliphatic heterocycles. The van der Waals surface area contributed by atoms with Gasteiger partial charge in [0.05, 0.1) is 56.5 Å². The van der Waals surface area contributed by atoms with Gasteiger partial charge in [0.15, 0.2) is 0 Å². The van der Waals surface area contributed by atoms with E-state index in [9.17, 15) is 0 Å². The van der Waals surface area contributed by atoms with Gasteiger partial charge < -0.3 is 8.98 Å². The van der Waals surface area contributed by atoms with Crippen LogP contribution in [-0.2, 0) is 10.8 Å². The summed E-state index contributed by atoms with van der Waals surface area (Å²) in [5.41, 5.74) is 19.5. The number of aromatic nitrogens is 5. The number of pyridine rings is 4. The highest BCUT2D eigenvalue weighted by Crippen LogP contribution is 2.67. The van der Waals surface area contributed by atoms with Gasteiger partial charge in [-0.15, -0.1) is 0 Å². The lowest BCUT2D eigenvalue weighted by Crippen LogP contribution is -2.33. The Morgan fingerprint density at radius 3 is 1.80 bits per heavy atom. The van der Waals surface area contributed by atoms with Crippen LogP contribution in [0.4, 0.5) is 0 Å². The predicted molar refractivity (Wildman–Crippen MR) is 257 cm³/mol. The molecule has 0 saturated carbocycles. The highest BCUT2D eigenvalue weighted by Gasteiger charge is 2.56. The van der Waals surface area contributed by atoms with Crippen LogP contribution < -0.4 is 0 Å². The van der Waals surface area contributed by atoms with Crippen molar-refractivity contribution in [2.75, 3.05) is 0 Å². The summed E-state index contributed by atoms with van der Waals surface area (Å²) in [5, 5.41) is 4.51. The zero-order valence-electron chi connectivity index (χ0n) is 34.5. The minimum absolute atomic E-state index is 0.567. The zero-order valence-corrected chi connectivity index (χ0v) is 35.3. The van der Waals surface area contributed by atoms with Crippen molar-refractivity contribution < 1.29 is 4.42 Å². The van der Waals surface area contributed by atoms with E-state index in [4.69, 9.17) is 24.4 Å². The normalized spacial score (nSPS) is 16.4. The van der Waals surface area contributed by atoms with E-state index in [2.05, 4.69) is 156 Å². The van der Waals surface area contributed by atoms with E-state index in [0.717, 1.165) is 77.9 Å². The van der Waals surface area contributed by atoms with Gasteiger partial charge in [-0.3, -0.25) is 19.9 Å². The second-order valence-electron chi connectivity index (χ2n) is 17.6. The van der Waals surface area contributed by atoms with Gasteiger partial charge in [0, 0.05) is 55.5 Å². The molecule has 12 aromatic rings.